The van der Waals surface area contributed by atoms with Crippen LogP contribution < -0.4 is 5.32 Å². The van der Waals surface area contributed by atoms with Gasteiger partial charge in [-0.05, 0) is 26.3 Å². The van der Waals surface area contributed by atoms with Gasteiger partial charge in [0.15, 0.2) is 5.78 Å². The van der Waals surface area contributed by atoms with Crippen LogP contribution in [0, 0.1) is 13.8 Å². The van der Waals surface area contributed by atoms with E-state index in [4.69, 9.17) is 9.47 Å². The number of rotatable bonds is 8. The maximum absolute atomic E-state index is 12.6. The maximum Gasteiger partial charge on any atom is 0.355 e. The summed E-state index contributed by atoms with van der Waals surface area (Å²) in [5, 5.41) is 3.21. The highest BCUT2D eigenvalue weighted by atomic mass is 16.5. The van der Waals surface area contributed by atoms with Gasteiger partial charge in [-0.2, -0.15) is 0 Å². The summed E-state index contributed by atoms with van der Waals surface area (Å²) < 4.78 is 12.2. The van der Waals surface area contributed by atoms with Gasteiger partial charge in [-0.3, -0.25) is 9.69 Å². The van der Waals surface area contributed by atoms with Crippen LogP contribution in [-0.2, 0) is 16.5 Å². The van der Waals surface area contributed by atoms with Crippen LogP contribution in [0.3, 0.4) is 0 Å². The van der Waals surface area contributed by atoms with Crippen molar-refractivity contribution in [3.63, 3.8) is 0 Å². The number of ether oxygens (including phenoxy) is 2. The van der Waals surface area contributed by atoms with Crippen molar-refractivity contribution in [3.8, 4) is 0 Å². The average Bonchev–Trinajstić information content (AvgIpc) is 2.82. The Hall–Kier alpha value is -1.70. The molecule has 0 aromatic carbocycles. The minimum atomic E-state index is -0.384. The van der Waals surface area contributed by atoms with Gasteiger partial charge in [0.2, 0.25) is 0 Å². The molecule has 1 aliphatic rings. The molecule has 25 heavy (non-hydrogen) atoms. The van der Waals surface area contributed by atoms with E-state index >= 15 is 0 Å². The fourth-order valence-electron chi connectivity index (χ4n) is 3.23. The molecule has 2 rings (SSSR count). The van der Waals surface area contributed by atoms with E-state index < -0.39 is 0 Å². The lowest BCUT2D eigenvalue weighted by Crippen LogP contribution is -2.41. The van der Waals surface area contributed by atoms with Crippen molar-refractivity contribution in [1.29, 1.82) is 0 Å². The Bertz CT molecular complexity index is 618. The topological polar surface area (TPSA) is 72.8 Å². The first kappa shape index (κ1) is 19.6. The van der Waals surface area contributed by atoms with Gasteiger partial charge >= 0.3 is 5.97 Å². The summed E-state index contributed by atoms with van der Waals surface area (Å²) in [5.74, 6) is -0.381. The molecule has 0 saturated carbocycles. The zero-order valence-electron chi connectivity index (χ0n) is 15.7. The van der Waals surface area contributed by atoms with E-state index in [-0.39, 0.29) is 18.3 Å². The Labute approximate surface area is 149 Å². The molecule has 7 heteroatoms. The minimum Gasteiger partial charge on any atom is -0.461 e. The molecular weight excluding hydrogens is 322 g/mol. The van der Waals surface area contributed by atoms with Crippen LogP contribution in [0.4, 0.5) is 0 Å². The van der Waals surface area contributed by atoms with E-state index in [0.29, 0.717) is 23.4 Å². The lowest BCUT2D eigenvalue weighted by atomic mass is 10.1. The number of ketones is 1. The van der Waals surface area contributed by atoms with Crippen LogP contribution in [0.2, 0.25) is 0 Å². The number of aromatic nitrogens is 1. The number of esters is 1. The fraction of sp³-hybridized carbons (Fsp3) is 0.667. The van der Waals surface area contributed by atoms with Crippen LogP contribution in [0.25, 0.3) is 0 Å². The van der Waals surface area contributed by atoms with E-state index in [1.54, 1.807) is 25.5 Å². The Balaban J connectivity index is 1.94. The number of Topliss-reactive ketones (excluding diaryl/α,β-unsaturated/α-hetero) is 1. The molecule has 1 aromatic rings. The quantitative estimate of drug-likeness (QED) is 0.427. The van der Waals surface area contributed by atoms with E-state index in [0.717, 1.165) is 45.1 Å². The molecule has 0 radical (unpaired) electrons. The number of carbonyl (C=O) groups is 2. The average molecular weight is 351 g/mol. The molecule has 0 bridgehead atoms. The zero-order chi connectivity index (χ0) is 18.4. The molecule has 7 nitrogen and oxygen atoms in total. The number of carbonyl (C=O) groups excluding carboxylic acids is 2. The van der Waals surface area contributed by atoms with Gasteiger partial charge in [-0.25, -0.2) is 4.79 Å². The summed E-state index contributed by atoms with van der Waals surface area (Å²) >= 11 is 0. The fourth-order valence-corrected chi connectivity index (χ4v) is 3.23. The second-order valence-corrected chi connectivity index (χ2v) is 6.27. The van der Waals surface area contributed by atoms with Gasteiger partial charge in [0, 0.05) is 44.5 Å². The molecule has 0 amide bonds. The van der Waals surface area contributed by atoms with E-state index in [1.165, 1.54) is 0 Å². The third-order valence-corrected chi connectivity index (χ3v) is 4.67. The largest absolute Gasteiger partial charge is 0.461 e. The molecule has 0 aliphatic carbocycles. The van der Waals surface area contributed by atoms with Gasteiger partial charge < -0.3 is 19.4 Å². The Kier molecular flexibility index (Phi) is 7.16. The number of hydrogen-bond donors (Lipinski definition) is 1. The summed E-state index contributed by atoms with van der Waals surface area (Å²) in [4.78, 5) is 27.1. The molecule has 1 aliphatic heterocycles. The van der Waals surface area contributed by atoms with Gasteiger partial charge in [0.05, 0.1) is 26.4 Å². The monoisotopic (exact) mass is 351 g/mol. The van der Waals surface area contributed by atoms with Gasteiger partial charge in [0.1, 0.15) is 5.69 Å². The van der Waals surface area contributed by atoms with Crippen LogP contribution in [-0.4, -0.2) is 73.8 Å². The van der Waals surface area contributed by atoms with E-state index in [2.05, 4.69) is 10.2 Å². The molecule has 1 saturated heterocycles. The number of nitrogens with zero attached hydrogens (tertiary/aromatic N) is 2. The summed E-state index contributed by atoms with van der Waals surface area (Å²) in [5.41, 5.74) is 2.56. The first-order chi connectivity index (χ1) is 12.0. The second-order valence-electron chi connectivity index (χ2n) is 6.27. The van der Waals surface area contributed by atoms with Crippen molar-refractivity contribution in [1.82, 2.24) is 14.8 Å². The van der Waals surface area contributed by atoms with Crippen molar-refractivity contribution in [2.45, 2.75) is 20.8 Å². The SMILES string of the molecule is CCOC(=O)c1c(C)c(C(=O)CNCCN2CCOCC2)c(C)n1C. The molecule has 1 aromatic heterocycles. The molecular formula is C18H29N3O4. The van der Waals surface area contributed by atoms with Crippen molar-refractivity contribution in [3.05, 3.63) is 22.5 Å². The first-order valence-electron chi connectivity index (χ1n) is 8.84. The maximum atomic E-state index is 12.6. The lowest BCUT2D eigenvalue weighted by Gasteiger charge is -2.26. The Morgan fingerprint density at radius 1 is 1.24 bits per heavy atom. The third-order valence-electron chi connectivity index (χ3n) is 4.67. The minimum absolute atomic E-state index is 0.00289. The van der Waals surface area contributed by atoms with Crippen LogP contribution in [0.5, 0.6) is 0 Å². The van der Waals surface area contributed by atoms with Crippen LogP contribution >= 0.6 is 0 Å². The molecule has 1 fully saturated rings. The number of morpholine rings is 1. The molecule has 2 heterocycles. The normalized spacial score (nSPS) is 15.4. The van der Waals surface area contributed by atoms with Gasteiger partial charge in [0.25, 0.3) is 0 Å². The second kappa shape index (κ2) is 9.12. The summed E-state index contributed by atoms with van der Waals surface area (Å²) in [6.45, 7) is 11.1. The molecule has 140 valence electrons. The zero-order valence-corrected chi connectivity index (χ0v) is 15.7. The summed E-state index contributed by atoms with van der Waals surface area (Å²) in [6.07, 6.45) is 0. The smallest absolute Gasteiger partial charge is 0.355 e. The highest BCUT2D eigenvalue weighted by Crippen LogP contribution is 2.22. The molecule has 0 atom stereocenters. The van der Waals surface area contributed by atoms with Gasteiger partial charge in [-0.1, -0.05) is 0 Å². The first-order valence-corrected chi connectivity index (χ1v) is 8.84. The Morgan fingerprint density at radius 2 is 1.92 bits per heavy atom. The number of hydrogen-bond acceptors (Lipinski definition) is 6. The van der Waals surface area contributed by atoms with E-state index in [1.807, 2.05) is 6.92 Å². The lowest BCUT2D eigenvalue weighted by molar-refractivity contribution is 0.0384. The predicted octanol–water partition coefficient (Wildman–Crippen LogP) is 0.923. The van der Waals surface area contributed by atoms with Crippen molar-refractivity contribution in [2.75, 3.05) is 52.5 Å². The summed E-state index contributed by atoms with van der Waals surface area (Å²) in [6, 6.07) is 0. The van der Waals surface area contributed by atoms with Crippen molar-refractivity contribution >= 4 is 11.8 Å². The standard InChI is InChI=1S/C18H29N3O4/c1-5-25-18(23)17-13(2)16(14(3)20(17)4)15(22)12-19-6-7-21-8-10-24-11-9-21/h19H,5-12H2,1-4H3. The highest BCUT2D eigenvalue weighted by Gasteiger charge is 2.25. The highest BCUT2D eigenvalue weighted by molar-refractivity contribution is 6.03. The third kappa shape index (κ3) is 4.68. The van der Waals surface area contributed by atoms with Crippen LogP contribution in [0.1, 0.15) is 39.0 Å². The van der Waals surface area contributed by atoms with E-state index in [9.17, 15) is 9.59 Å². The van der Waals surface area contributed by atoms with Crippen LogP contribution in [0.15, 0.2) is 0 Å². The molecule has 1 N–H and O–H groups in total. The Morgan fingerprint density at radius 3 is 2.56 bits per heavy atom. The molecule has 0 unspecified atom stereocenters. The predicted molar refractivity (Wildman–Crippen MR) is 95.3 cm³/mol. The molecule has 0 spiro atoms. The number of nitrogens with one attached hydrogen (secondary N) is 1. The van der Waals surface area contributed by atoms with Crippen molar-refractivity contribution in [2.24, 2.45) is 7.05 Å². The van der Waals surface area contributed by atoms with Crippen molar-refractivity contribution < 1.29 is 19.1 Å². The summed E-state index contributed by atoms with van der Waals surface area (Å²) in [7, 11) is 1.79. The van der Waals surface area contributed by atoms with Gasteiger partial charge in [-0.15, -0.1) is 0 Å².